The van der Waals surface area contributed by atoms with E-state index in [0.717, 1.165) is 58.3 Å². The van der Waals surface area contributed by atoms with Crippen LogP contribution in [0.15, 0.2) is 47.4 Å². The summed E-state index contributed by atoms with van der Waals surface area (Å²) in [4.78, 5) is 53.8. The van der Waals surface area contributed by atoms with Gasteiger partial charge in [0.2, 0.25) is 5.91 Å². The number of esters is 1. The summed E-state index contributed by atoms with van der Waals surface area (Å²) in [5.74, 6) is -1.09. The number of anilines is 1. The van der Waals surface area contributed by atoms with Gasteiger partial charge in [0.05, 0.1) is 23.7 Å². The highest BCUT2D eigenvalue weighted by atomic mass is 32.2. The van der Waals surface area contributed by atoms with Crippen LogP contribution in [0.5, 0.6) is 11.5 Å². The summed E-state index contributed by atoms with van der Waals surface area (Å²) in [6.07, 6.45) is 5.06. The van der Waals surface area contributed by atoms with Crippen molar-refractivity contribution < 1.29 is 37.8 Å². The number of carbonyl (C=O) groups excluding carboxylic acids is 4. The third-order valence-electron chi connectivity index (χ3n) is 6.95. The predicted octanol–water partition coefficient (Wildman–Crippen LogP) is 6.60. The fourth-order valence-electron chi connectivity index (χ4n) is 4.91. The van der Waals surface area contributed by atoms with Crippen molar-refractivity contribution in [2.24, 2.45) is 0 Å². The SMILES string of the molecule is CCOC(=O)c1c(NC(=O)CN2C(=O)S/C(=C/c3ccc(OCc4ccc(F)cc4)c(OCC)c3)C2=O)sc2c1CCCC2. The number of nitrogens with one attached hydrogen (secondary N) is 1. The lowest BCUT2D eigenvalue weighted by atomic mass is 9.95. The Morgan fingerprint density at radius 2 is 1.77 bits per heavy atom. The molecule has 230 valence electrons. The summed E-state index contributed by atoms with van der Waals surface area (Å²) in [7, 11) is 0. The highest BCUT2D eigenvalue weighted by Gasteiger charge is 2.37. The number of carbonyl (C=O) groups is 4. The normalized spacial score (nSPS) is 15.3. The molecule has 1 aliphatic heterocycles. The molecule has 1 N–H and O–H groups in total. The zero-order chi connectivity index (χ0) is 31.2. The van der Waals surface area contributed by atoms with Crippen LogP contribution in [0.3, 0.4) is 0 Å². The third-order valence-corrected chi connectivity index (χ3v) is 9.07. The molecule has 2 aromatic carbocycles. The van der Waals surface area contributed by atoms with E-state index in [0.29, 0.717) is 34.2 Å². The first-order chi connectivity index (χ1) is 21.3. The number of thiophene rings is 1. The van der Waals surface area contributed by atoms with Crippen molar-refractivity contribution in [3.05, 3.63) is 80.3 Å². The number of amides is 3. The Morgan fingerprint density at radius 1 is 1.00 bits per heavy atom. The average Bonchev–Trinajstić information content (AvgIpc) is 3.49. The van der Waals surface area contributed by atoms with Crippen LogP contribution in [0.2, 0.25) is 0 Å². The molecule has 0 unspecified atom stereocenters. The first-order valence-electron chi connectivity index (χ1n) is 14.3. The number of fused-ring (bicyclic) bond motifs is 1. The van der Waals surface area contributed by atoms with Crippen LogP contribution in [0.1, 0.15) is 58.6 Å². The predicted molar refractivity (Wildman–Crippen MR) is 167 cm³/mol. The van der Waals surface area contributed by atoms with Crippen molar-refractivity contribution in [1.82, 2.24) is 4.90 Å². The van der Waals surface area contributed by atoms with Crippen LogP contribution in [-0.4, -0.2) is 47.7 Å². The lowest BCUT2D eigenvalue weighted by Crippen LogP contribution is -2.36. The molecule has 2 heterocycles. The molecule has 0 radical (unpaired) electrons. The number of benzene rings is 2. The average molecular weight is 639 g/mol. The lowest BCUT2D eigenvalue weighted by molar-refractivity contribution is -0.127. The van der Waals surface area contributed by atoms with Crippen molar-refractivity contribution in [3.8, 4) is 11.5 Å². The molecular formula is C32H31FN2O7S2. The van der Waals surface area contributed by atoms with Gasteiger partial charge in [0.25, 0.3) is 11.1 Å². The third kappa shape index (κ3) is 7.13. The Bertz CT molecular complexity index is 1620. The van der Waals surface area contributed by atoms with Crippen molar-refractivity contribution in [3.63, 3.8) is 0 Å². The summed E-state index contributed by atoms with van der Waals surface area (Å²) in [5.41, 5.74) is 2.65. The molecule has 0 saturated carbocycles. The van der Waals surface area contributed by atoms with Gasteiger partial charge in [-0.1, -0.05) is 18.2 Å². The topological polar surface area (TPSA) is 111 Å². The Morgan fingerprint density at radius 3 is 2.52 bits per heavy atom. The molecule has 3 amide bonds. The van der Waals surface area contributed by atoms with Gasteiger partial charge in [-0.15, -0.1) is 11.3 Å². The number of rotatable bonds is 11. The monoisotopic (exact) mass is 638 g/mol. The minimum Gasteiger partial charge on any atom is -0.490 e. The minimum absolute atomic E-state index is 0.157. The van der Waals surface area contributed by atoms with E-state index in [9.17, 15) is 23.6 Å². The quantitative estimate of drug-likeness (QED) is 0.185. The van der Waals surface area contributed by atoms with Gasteiger partial charge in [0.1, 0.15) is 24.0 Å². The van der Waals surface area contributed by atoms with E-state index < -0.39 is 29.6 Å². The highest BCUT2D eigenvalue weighted by molar-refractivity contribution is 8.18. The Hall–Kier alpha value is -4.16. The molecule has 1 fully saturated rings. The molecule has 44 heavy (non-hydrogen) atoms. The van der Waals surface area contributed by atoms with E-state index in [1.165, 1.54) is 23.5 Å². The second-order valence-corrected chi connectivity index (χ2v) is 12.1. The highest BCUT2D eigenvalue weighted by Crippen LogP contribution is 2.39. The van der Waals surface area contributed by atoms with E-state index in [4.69, 9.17) is 14.2 Å². The van der Waals surface area contributed by atoms with Crippen LogP contribution in [0.4, 0.5) is 14.2 Å². The fraction of sp³-hybridized carbons (Fsp3) is 0.312. The molecule has 12 heteroatoms. The lowest BCUT2D eigenvalue weighted by Gasteiger charge is -2.14. The fourth-order valence-corrected chi connectivity index (χ4v) is 7.05. The van der Waals surface area contributed by atoms with Crippen LogP contribution >= 0.6 is 23.1 Å². The zero-order valence-electron chi connectivity index (χ0n) is 24.3. The molecule has 3 aromatic rings. The molecule has 1 saturated heterocycles. The van der Waals surface area contributed by atoms with Crippen molar-refractivity contribution in [2.45, 2.75) is 46.1 Å². The molecule has 5 rings (SSSR count). The molecule has 0 spiro atoms. The van der Waals surface area contributed by atoms with Crippen LogP contribution in [0, 0.1) is 5.82 Å². The number of imide groups is 1. The molecule has 1 aromatic heterocycles. The van der Waals surface area contributed by atoms with Gasteiger partial charge in [-0.05, 0) is 98.3 Å². The number of ether oxygens (including phenoxy) is 3. The van der Waals surface area contributed by atoms with Crippen molar-refractivity contribution in [2.75, 3.05) is 25.1 Å². The standard InChI is InChI=1S/C32H31FN2O7S2/c1-3-40-24-15-20(11-14-23(24)42-18-19-9-12-21(33)13-10-19)16-26-30(37)35(32(39)44-26)17-27(36)34-29-28(31(38)41-4-2)22-7-5-6-8-25(22)43-29/h9-16H,3-8,17-18H2,1-2H3,(H,34,36)/b26-16+. The molecule has 0 atom stereocenters. The number of hydrogen-bond donors (Lipinski definition) is 1. The summed E-state index contributed by atoms with van der Waals surface area (Å²) in [6.45, 7) is 3.83. The smallest absolute Gasteiger partial charge is 0.341 e. The Balaban J connectivity index is 1.27. The van der Waals surface area contributed by atoms with Crippen molar-refractivity contribution in [1.29, 1.82) is 0 Å². The van der Waals surface area contributed by atoms with Gasteiger partial charge >= 0.3 is 5.97 Å². The summed E-state index contributed by atoms with van der Waals surface area (Å²) in [5, 5.41) is 2.56. The van der Waals surface area contributed by atoms with E-state index >= 15 is 0 Å². The van der Waals surface area contributed by atoms with E-state index in [-0.39, 0.29) is 23.9 Å². The van der Waals surface area contributed by atoms with E-state index in [2.05, 4.69) is 5.32 Å². The van der Waals surface area contributed by atoms with E-state index in [1.807, 2.05) is 6.92 Å². The van der Waals surface area contributed by atoms with E-state index in [1.54, 1.807) is 43.3 Å². The number of halogens is 1. The molecule has 9 nitrogen and oxygen atoms in total. The Labute approximate surface area is 262 Å². The van der Waals surface area contributed by atoms with Gasteiger partial charge in [-0.3, -0.25) is 19.3 Å². The summed E-state index contributed by atoms with van der Waals surface area (Å²) < 4.78 is 30.1. The van der Waals surface area contributed by atoms with Gasteiger partial charge < -0.3 is 19.5 Å². The number of nitrogens with zero attached hydrogens (tertiary/aromatic N) is 1. The molecule has 1 aliphatic carbocycles. The number of aryl methyl sites for hydroxylation is 1. The first kappa shape index (κ1) is 31.3. The molecule has 2 aliphatic rings. The van der Waals surface area contributed by atoms with Crippen LogP contribution in [-0.2, 0) is 33.8 Å². The summed E-state index contributed by atoms with van der Waals surface area (Å²) >= 11 is 2.08. The Kier molecular flexibility index (Phi) is 10.0. The number of thioether (sulfide) groups is 1. The first-order valence-corrected chi connectivity index (χ1v) is 15.9. The van der Waals surface area contributed by atoms with Gasteiger partial charge in [-0.25, -0.2) is 9.18 Å². The van der Waals surface area contributed by atoms with Gasteiger partial charge in [0.15, 0.2) is 11.5 Å². The van der Waals surface area contributed by atoms with Gasteiger partial charge in [-0.2, -0.15) is 0 Å². The number of hydrogen-bond acceptors (Lipinski definition) is 9. The maximum Gasteiger partial charge on any atom is 0.341 e. The second-order valence-electron chi connectivity index (χ2n) is 10.0. The second kappa shape index (κ2) is 14.1. The molecule has 0 bridgehead atoms. The molecular weight excluding hydrogens is 607 g/mol. The van der Waals surface area contributed by atoms with Crippen LogP contribution < -0.4 is 14.8 Å². The largest absolute Gasteiger partial charge is 0.490 e. The maximum atomic E-state index is 13.2. The minimum atomic E-state index is -0.596. The summed E-state index contributed by atoms with van der Waals surface area (Å²) in [6, 6.07) is 11.1. The zero-order valence-corrected chi connectivity index (χ0v) is 25.9. The van der Waals surface area contributed by atoms with Crippen LogP contribution in [0.25, 0.3) is 6.08 Å². The maximum absolute atomic E-state index is 13.2. The van der Waals surface area contributed by atoms with Crippen molar-refractivity contribution >= 4 is 57.2 Å². The van der Waals surface area contributed by atoms with Gasteiger partial charge in [0, 0.05) is 4.88 Å².